The molecule has 3 N–H and O–H groups in total. The summed E-state index contributed by atoms with van der Waals surface area (Å²) in [4.78, 5) is 0. The van der Waals surface area contributed by atoms with E-state index in [1.165, 1.54) is 0 Å². The Morgan fingerprint density at radius 2 is 1.90 bits per heavy atom. The highest BCUT2D eigenvalue weighted by atomic mass is 32.2. The monoisotopic (exact) mass is 206 g/mol. The van der Waals surface area contributed by atoms with Gasteiger partial charge in [0, 0.05) is 11.0 Å². The first-order valence-electron chi connectivity index (χ1n) is 2.20. The highest BCUT2D eigenvalue weighted by molar-refractivity contribution is 7.89. The van der Waals surface area contributed by atoms with E-state index in [0.29, 0.717) is 5.75 Å². The summed E-state index contributed by atoms with van der Waals surface area (Å²) in [6.45, 7) is 0. The van der Waals surface area contributed by atoms with Gasteiger partial charge in [-0.05, 0) is 0 Å². The van der Waals surface area contributed by atoms with Crippen LogP contribution in [0.15, 0.2) is 0 Å². The Kier molecular flexibility index (Phi) is 6.92. The fraction of sp³-hybridized carbons (Fsp3) is 1.00. The lowest BCUT2D eigenvalue weighted by Gasteiger charge is -2.01. The van der Waals surface area contributed by atoms with Gasteiger partial charge in [-0.15, -0.1) is 0 Å². The lowest BCUT2D eigenvalue weighted by Crippen LogP contribution is -2.16. The summed E-state index contributed by atoms with van der Waals surface area (Å²) >= 11 is 7.58. The molecule has 0 aromatic rings. The van der Waals surface area contributed by atoms with E-state index < -0.39 is 10.1 Å². The van der Waals surface area contributed by atoms with Crippen LogP contribution in [-0.2, 0) is 10.1 Å². The van der Waals surface area contributed by atoms with Crippen LogP contribution in [0.2, 0.25) is 0 Å². The normalized spacial score (nSPS) is 13.9. The van der Waals surface area contributed by atoms with Crippen molar-refractivity contribution in [2.45, 2.75) is 5.25 Å². The van der Waals surface area contributed by atoms with Gasteiger partial charge in [-0.3, -0.25) is 4.55 Å². The molecule has 0 aliphatic carbocycles. The Morgan fingerprint density at radius 1 is 1.50 bits per heavy atom. The van der Waals surface area contributed by atoms with Gasteiger partial charge in [-0.2, -0.15) is 33.7 Å². The van der Waals surface area contributed by atoms with Crippen LogP contribution in [0.3, 0.4) is 0 Å². The van der Waals surface area contributed by atoms with Crippen molar-refractivity contribution >= 4 is 35.4 Å². The quantitative estimate of drug-likeness (QED) is 0.420. The maximum Gasteiger partial charge on any atom is 0.265 e. The van der Waals surface area contributed by atoms with Crippen molar-refractivity contribution in [3.8, 4) is 0 Å². The van der Waals surface area contributed by atoms with Crippen molar-refractivity contribution in [2.75, 3.05) is 11.5 Å². The molecule has 1 unspecified atom stereocenters. The van der Waals surface area contributed by atoms with E-state index >= 15 is 0 Å². The van der Waals surface area contributed by atoms with Gasteiger partial charge in [0.2, 0.25) is 0 Å². The highest BCUT2D eigenvalue weighted by Crippen LogP contribution is 2.00. The van der Waals surface area contributed by atoms with Crippen molar-refractivity contribution in [3.05, 3.63) is 0 Å². The molecule has 0 aromatic heterocycles. The molecule has 0 aliphatic heterocycles. The Balaban J connectivity index is 0. The fourth-order valence-electron chi connectivity index (χ4n) is 0.296. The van der Waals surface area contributed by atoms with Gasteiger partial charge < -0.3 is 5.48 Å². The molecule has 0 saturated carbocycles. The molecule has 1 atom stereocenters. The Morgan fingerprint density at radius 3 is 2.00 bits per heavy atom. The molecule has 4 nitrogen and oxygen atoms in total. The molecule has 0 radical (unpaired) electrons. The summed E-state index contributed by atoms with van der Waals surface area (Å²) < 4.78 is 28.4. The smallest absolute Gasteiger partial charge is 0.265 e. The van der Waals surface area contributed by atoms with Gasteiger partial charge in [0.15, 0.2) is 0 Å². The van der Waals surface area contributed by atoms with Gasteiger partial charge >= 0.3 is 0 Å². The molecule has 0 spiro atoms. The minimum Gasteiger partial charge on any atom is -0.412 e. The molecule has 0 aliphatic rings. The molecule has 0 fully saturated rings. The van der Waals surface area contributed by atoms with Crippen LogP contribution in [0.25, 0.3) is 0 Å². The first-order valence-corrected chi connectivity index (χ1v) is 4.95. The standard InChI is InChI=1S/C3H8O3S3.H2O/c4-9(5,6)2-3(8)1-7;/h3,7-8H,1-2H2,(H,4,5,6);1H2. The van der Waals surface area contributed by atoms with E-state index in [-0.39, 0.29) is 16.5 Å². The van der Waals surface area contributed by atoms with Gasteiger partial charge in [-0.1, -0.05) is 0 Å². The molecule has 7 heteroatoms. The Hall–Kier alpha value is 0.570. The number of thiol groups is 2. The number of hydrogen-bond donors (Lipinski definition) is 3. The minimum absolute atomic E-state index is 0. The Bertz CT molecular complexity index is 163. The summed E-state index contributed by atoms with van der Waals surface area (Å²) in [7, 11) is -3.86. The van der Waals surface area contributed by atoms with Crippen molar-refractivity contribution in [1.29, 1.82) is 0 Å². The first-order chi connectivity index (χ1) is 3.95. The molecule has 0 saturated heterocycles. The average molecular weight is 206 g/mol. The first kappa shape index (κ1) is 13.2. The molecule has 0 bridgehead atoms. The van der Waals surface area contributed by atoms with Gasteiger partial charge in [0.25, 0.3) is 10.1 Å². The molecule has 10 heavy (non-hydrogen) atoms. The summed E-state index contributed by atoms with van der Waals surface area (Å²) in [5.74, 6) is 0.00249. The predicted molar refractivity (Wildman–Crippen MR) is 46.7 cm³/mol. The van der Waals surface area contributed by atoms with Crippen molar-refractivity contribution in [1.82, 2.24) is 0 Å². The fourth-order valence-corrected chi connectivity index (χ4v) is 1.77. The highest BCUT2D eigenvalue weighted by Gasteiger charge is 2.10. The topological polar surface area (TPSA) is 85.9 Å². The summed E-state index contributed by atoms with van der Waals surface area (Å²) in [5.41, 5.74) is 0. The lowest BCUT2D eigenvalue weighted by molar-refractivity contribution is 0.483. The van der Waals surface area contributed by atoms with Gasteiger partial charge in [0.1, 0.15) is 0 Å². The third-order valence-electron chi connectivity index (χ3n) is 0.614. The third-order valence-corrected chi connectivity index (χ3v) is 2.78. The van der Waals surface area contributed by atoms with Crippen molar-refractivity contribution in [3.63, 3.8) is 0 Å². The largest absolute Gasteiger partial charge is 0.412 e. The molecule has 0 heterocycles. The van der Waals surface area contributed by atoms with Gasteiger partial charge in [-0.25, -0.2) is 0 Å². The summed E-state index contributed by atoms with van der Waals surface area (Å²) in [5, 5.41) is -0.386. The molecular formula is C3H10O4S3. The van der Waals surface area contributed by atoms with Crippen LogP contribution in [0, 0.1) is 0 Å². The van der Waals surface area contributed by atoms with E-state index in [9.17, 15) is 8.42 Å². The number of rotatable bonds is 3. The second-order valence-electron chi connectivity index (χ2n) is 1.58. The van der Waals surface area contributed by atoms with E-state index in [0.717, 1.165) is 0 Å². The molecule has 64 valence electrons. The van der Waals surface area contributed by atoms with Crippen LogP contribution in [0.1, 0.15) is 0 Å². The SMILES string of the molecule is O.O=S(=O)(O)CC(S)CS. The van der Waals surface area contributed by atoms with Crippen molar-refractivity contribution < 1.29 is 18.4 Å². The predicted octanol–water partition coefficient (Wildman–Crippen LogP) is -0.722. The molecule has 0 rings (SSSR count). The van der Waals surface area contributed by atoms with Gasteiger partial charge in [0.05, 0.1) is 5.75 Å². The van der Waals surface area contributed by atoms with Crippen molar-refractivity contribution in [2.24, 2.45) is 0 Å². The van der Waals surface area contributed by atoms with E-state index in [4.69, 9.17) is 4.55 Å². The van der Waals surface area contributed by atoms with Crippen LogP contribution < -0.4 is 0 Å². The summed E-state index contributed by atoms with van der Waals surface area (Å²) in [6.07, 6.45) is 0. The maximum absolute atomic E-state index is 10.1. The van der Waals surface area contributed by atoms with Crippen LogP contribution in [0.5, 0.6) is 0 Å². The second-order valence-corrected chi connectivity index (χ2v) is 4.18. The minimum atomic E-state index is -3.86. The second kappa shape index (κ2) is 5.25. The van der Waals surface area contributed by atoms with E-state index in [1.54, 1.807) is 0 Å². The zero-order valence-electron chi connectivity index (χ0n) is 5.06. The van der Waals surface area contributed by atoms with Crippen LogP contribution in [0.4, 0.5) is 0 Å². The molecule has 0 aromatic carbocycles. The van der Waals surface area contributed by atoms with E-state index in [2.05, 4.69) is 25.3 Å². The number of hydrogen-bond acceptors (Lipinski definition) is 4. The van der Waals surface area contributed by atoms with Crippen LogP contribution in [-0.4, -0.2) is 35.2 Å². The lowest BCUT2D eigenvalue weighted by atomic mass is 10.6. The summed E-state index contributed by atoms with van der Waals surface area (Å²) in [6, 6.07) is 0. The zero-order chi connectivity index (χ0) is 7.49. The average Bonchev–Trinajstić information content (AvgIpc) is 1.62. The third kappa shape index (κ3) is 8.57. The Labute approximate surface area is 70.9 Å². The molecular weight excluding hydrogens is 196 g/mol. The zero-order valence-corrected chi connectivity index (χ0v) is 7.66. The van der Waals surface area contributed by atoms with E-state index in [1.807, 2.05) is 0 Å². The van der Waals surface area contributed by atoms with Crippen LogP contribution >= 0.6 is 25.3 Å². The maximum atomic E-state index is 10.1. The molecule has 0 amide bonds.